The number of carbonyl (C=O) groups is 1. The summed E-state index contributed by atoms with van der Waals surface area (Å²) in [5, 5.41) is 4.05. The number of nitrogens with two attached hydrogens (primary N) is 1. The van der Waals surface area contributed by atoms with Crippen molar-refractivity contribution in [2.24, 2.45) is 22.7 Å². The third-order valence-electron chi connectivity index (χ3n) is 2.72. The molecule has 0 saturated carbocycles. The van der Waals surface area contributed by atoms with Crippen molar-refractivity contribution >= 4 is 11.7 Å². The van der Waals surface area contributed by atoms with Gasteiger partial charge >= 0.3 is 6.03 Å². The van der Waals surface area contributed by atoms with Crippen molar-refractivity contribution in [1.29, 1.82) is 0 Å². The molecule has 2 amide bonds. The predicted octanol–water partition coefficient (Wildman–Crippen LogP) is 2.02. The zero-order chi connectivity index (χ0) is 11.4. The Kier molecular flexibility index (Phi) is 3.88. The van der Waals surface area contributed by atoms with Crippen molar-refractivity contribution < 1.29 is 4.79 Å². The van der Waals surface area contributed by atoms with Gasteiger partial charge in [0.05, 0.1) is 5.71 Å². The van der Waals surface area contributed by atoms with Gasteiger partial charge in [0.2, 0.25) is 0 Å². The molecule has 0 bridgehead atoms. The Balaban J connectivity index is 2.82. The van der Waals surface area contributed by atoms with Crippen molar-refractivity contribution in [3.8, 4) is 0 Å². The molecule has 0 aromatic rings. The summed E-state index contributed by atoms with van der Waals surface area (Å²) in [6.45, 7) is 6.41. The molecule has 0 heterocycles. The fraction of sp³-hybridized carbons (Fsp3) is 0.636. The summed E-state index contributed by atoms with van der Waals surface area (Å²) in [5.41, 5.74) is 9.53. The van der Waals surface area contributed by atoms with Gasteiger partial charge in [-0.25, -0.2) is 10.2 Å². The average Bonchev–Trinajstić information content (AvgIpc) is 2.14. The summed E-state index contributed by atoms with van der Waals surface area (Å²) in [4.78, 5) is 10.6. The van der Waals surface area contributed by atoms with E-state index in [0.717, 1.165) is 18.6 Å². The highest BCUT2D eigenvalue weighted by molar-refractivity contribution is 5.98. The minimum atomic E-state index is -0.610. The topological polar surface area (TPSA) is 67.5 Å². The highest BCUT2D eigenvalue weighted by Crippen LogP contribution is 2.27. The second-order valence-corrected chi connectivity index (χ2v) is 4.39. The number of carbonyl (C=O) groups excluding carboxylic acids is 1. The van der Waals surface area contributed by atoms with Crippen molar-refractivity contribution in [3.63, 3.8) is 0 Å². The van der Waals surface area contributed by atoms with E-state index in [1.165, 1.54) is 5.57 Å². The average molecular weight is 209 g/mol. The smallest absolute Gasteiger partial charge is 0.332 e. The number of hydrogen-bond acceptors (Lipinski definition) is 2. The SMILES string of the molecule is CC1=C/C(=N\NC(N)=O)[C@H](C(C)C)CC1. The Hall–Kier alpha value is -1.32. The van der Waals surface area contributed by atoms with Crippen LogP contribution in [0.15, 0.2) is 16.8 Å². The normalized spacial score (nSPS) is 24.1. The van der Waals surface area contributed by atoms with Crippen LogP contribution in [0.25, 0.3) is 0 Å². The number of rotatable bonds is 2. The fourth-order valence-corrected chi connectivity index (χ4v) is 1.87. The highest BCUT2D eigenvalue weighted by Gasteiger charge is 2.22. The summed E-state index contributed by atoms with van der Waals surface area (Å²) >= 11 is 0. The standard InChI is InChI=1S/C11H19N3O/c1-7(2)9-5-4-8(3)6-10(9)13-14-11(12)15/h6-7,9H,4-5H2,1-3H3,(H3,12,14,15)/b13-10+/t9-/m0/s1. The zero-order valence-corrected chi connectivity index (χ0v) is 9.58. The van der Waals surface area contributed by atoms with Gasteiger partial charge in [0, 0.05) is 5.92 Å². The zero-order valence-electron chi connectivity index (χ0n) is 9.58. The van der Waals surface area contributed by atoms with Gasteiger partial charge < -0.3 is 5.73 Å². The molecule has 0 unspecified atom stereocenters. The van der Waals surface area contributed by atoms with Crippen molar-refractivity contribution in [1.82, 2.24) is 5.43 Å². The van der Waals surface area contributed by atoms with E-state index < -0.39 is 6.03 Å². The number of nitrogens with one attached hydrogen (secondary N) is 1. The lowest BCUT2D eigenvalue weighted by molar-refractivity contribution is 0.249. The third-order valence-corrected chi connectivity index (χ3v) is 2.72. The lowest BCUT2D eigenvalue weighted by Gasteiger charge is -2.25. The van der Waals surface area contributed by atoms with Crippen molar-refractivity contribution in [3.05, 3.63) is 11.6 Å². The predicted molar refractivity (Wildman–Crippen MR) is 61.5 cm³/mol. The van der Waals surface area contributed by atoms with Gasteiger partial charge in [0.1, 0.15) is 0 Å². The lowest BCUT2D eigenvalue weighted by atomic mass is 9.81. The fourth-order valence-electron chi connectivity index (χ4n) is 1.87. The first-order valence-electron chi connectivity index (χ1n) is 5.31. The molecule has 1 aliphatic carbocycles. The molecule has 0 aromatic carbocycles. The molecule has 15 heavy (non-hydrogen) atoms. The van der Waals surface area contributed by atoms with E-state index in [1.54, 1.807) is 0 Å². The Morgan fingerprint density at radius 3 is 2.87 bits per heavy atom. The number of primary amides is 1. The van der Waals surface area contributed by atoms with Gasteiger partial charge in [-0.3, -0.25) is 0 Å². The quantitative estimate of drug-likeness (QED) is 0.671. The Labute approximate surface area is 90.6 Å². The van der Waals surface area contributed by atoms with Crippen LogP contribution < -0.4 is 11.2 Å². The first kappa shape index (κ1) is 11.8. The summed E-state index contributed by atoms with van der Waals surface area (Å²) in [5.74, 6) is 0.948. The van der Waals surface area contributed by atoms with Crippen molar-refractivity contribution in [2.75, 3.05) is 0 Å². The lowest BCUT2D eigenvalue weighted by Crippen LogP contribution is -2.29. The number of allylic oxidation sites excluding steroid dienone is 2. The van der Waals surface area contributed by atoms with Crippen LogP contribution in [-0.4, -0.2) is 11.7 Å². The monoisotopic (exact) mass is 209 g/mol. The highest BCUT2D eigenvalue weighted by atomic mass is 16.2. The number of amides is 2. The van der Waals surface area contributed by atoms with Gasteiger partial charge in [-0.2, -0.15) is 5.10 Å². The van der Waals surface area contributed by atoms with Gasteiger partial charge in [0.15, 0.2) is 0 Å². The number of urea groups is 1. The van der Waals surface area contributed by atoms with Crippen LogP contribution in [0, 0.1) is 11.8 Å². The molecular formula is C11H19N3O. The summed E-state index contributed by atoms with van der Waals surface area (Å²) in [6, 6.07) is -0.610. The van der Waals surface area contributed by atoms with E-state index in [4.69, 9.17) is 5.73 Å². The molecule has 1 atom stereocenters. The van der Waals surface area contributed by atoms with Crippen LogP contribution in [-0.2, 0) is 0 Å². The molecule has 4 nitrogen and oxygen atoms in total. The molecule has 0 saturated heterocycles. The van der Waals surface area contributed by atoms with Gasteiger partial charge in [-0.05, 0) is 31.8 Å². The van der Waals surface area contributed by atoms with E-state index in [0.29, 0.717) is 11.8 Å². The molecule has 0 aromatic heterocycles. The summed E-state index contributed by atoms with van der Waals surface area (Å²) < 4.78 is 0. The second-order valence-electron chi connectivity index (χ2n) is 4.39. The Bertz CT molecular complexity index is 305. The minimum Gasteiger partial charge on any atom is -0.350 e. The van der Waals surface area contributed by atoms with E-state index in [1.807, 2.05) is 6.08 Å². The van der Waals surface area contributed by atoms with Gasteiger partial charge in [0.25, 0.3) is 0 Å². The summed E-state index contributed by atoms with van der Waals surface area (Å²) in [7, 11) is 0. The molecule has 3 N–H and O–H groups in total. The Morgan fingerprint density at radius 2 is 2.33 bits per heavy atom. The van der Waals surface area contributed by atoms with Crippen LogP contribution >= 0.6 is 0 Å². The van der Waals surface area contributed by atoms with Crippen LogP contribution in [0.4, 0.5) is 4.79 Å². The van der Waals surface area contributed by atoms with Crippen LogP contribution in [0.5, 0.6) is 0 Å². The van der Waals surface area contributed by atoms with Crippen LogP contribution in [0.1, 0.15) is 33.6 Å². The second kappa shape index (κ2) is 4.96. The maximum Gasteiger partial charge on any atom is 0.332 e. The van der Waals surface area contributed by atoms with Crippen LogP contribution in [0.2, 0.25) is 0 Å². The molecule has 1 rings (SSSR count). The van der Waals surface area contributed by atoms with E-state index >= 15 is 0 Å². The molecule has 0 spiro atoms. The Morgan fingerprint density at radius 1 is 1.67 bits per heavy atom. The molecule has 1 aliphatic rings. The number of hydrazone groups is 1. The number of nitrogens with zero attached hydrogens (tertiary/aromatic N) is 1. The van der Waals surface area contributed by atoms with E-state index in [-0.39, 0.29) is 0 Å². The maximum absolute atomic E-state index is 10.6. The maximum atomic E-state index is 10.6. The van der Waals surface area contributed by atoms with Crippen LogP contribution in [0.3, 0.4) is 0 Å². The molecule has 0 radical (unpaired) electrons. The third kappa shape index (κ3) is 3.38. The molecule has 0 fully saturated rings. The minimum absolute atomic E-state index is 0.417. The first-order valence-corrected chi connectivity index (χ1v) is 5.31. The van der Waals surface area contributed by atoms with Crippen molar-refractivity contribution in [2.45, 2.75) is 33.6 Å². The molecule has 0 aliphatic heterocycles. The van der Waals surface area contributed by atoms with Gasteiger partial charge in [-0.15, -0.1) is 0 Å². The van der Waals surface area contributed by atoms with E-state index in [9.17, 15) is 4.79 Å². The molecule has 4 heteroatoms. The first-order chi connectivity index (χ1) is 7.00. The molecule has 84 valence electrons. The van der Waals surface area contributed by atoms with Gasteiger partial charge in [-0.1, -0.05) is 19.4 Å². The summed E-state index contributed by atoms with van der Waals surface area (Å²) in [6.07, 6.45) is 4.25. The van der Waals surface area contributed by atoms with E-state index in [2.05, 4.69) is 31.3 Å². The number of hydrogen-bond donors (Lipinski definition) is 2. The molecular weight excluding hydrogens is 190 g/mol. The largest absolute Gasteiger partial charge is 0.350 e.